The molecular formula is C19H23ClN4O2. The molecule has 2 N–H and O–H groups in total. The third-order valence-corrected chi connectivity index (χ3v) is 5.03. The predicted octanol–water partition coefficient (Wildman–Crippen LogP) is 3.36. The first-order chi connectivity index (χ1) is 12.5. The molecule has 1 aromatic carbocycles. The molecule has 138 valence electrons. The number of carbonyl (C=O) groups is 1. The van der Waals surface area contributed by atoms with Crippen molar-refractivity contribution < 1.29 is 4.79 Å². The predicted molar refractivity (Wildman–Crippen MR) is 103 cm³/mol. The van der Waals surface area contributed by atoms with Crippen LogP contribution in [0.15, 0.2) is 41.2 Å². The number of aromatic nitrogens is 2. The number of rotatable bonds is 4. The third-order valence-electron chi connectivity index (χ3n) is 4.80. The average molecular weight is 375 g/mol. The zero-order valence-electron chi connectivity index (χ0n) is 14.7. The molecule has 1 heterocycles. The Kier molecular flexibility index (Phi) is 5.93. The van der Waals surface area contributed by atoms with E-state index in [-0.39, 0.29) is 17.6 Å². The van der Waals surface area contributed by atoms with Crippen LogP contribution in [-0.2, 0) is 13.5 Å². The molecule has 1 aromatic heterocycles. The van der Waals surface area contributed by atoms with Crippen LogP contribution in [-0.4, -0.2) is 21.9 Å². The number of carbonyl (C=O) groups excluding carboxylic acids is 1. The summed E-state index contributed by atoms with van der Waals surface area (Å²) >= 11 is 6.05. The first-order valence-electron chi connectivity index (χ1n) is 8.86. The molecule has 3 rings (SSSR count). The van der Waals surface area contributed by atoms with Crippen LogP contribution in [0.25, 0.3) is 0 Å². The quantitative estimate of drug-likeness (QED) is 0.861. The lowest BCUT2D eigenvalue weighted by atomic mass is 9.82. The largest absolute Gasteiger partial charge is 0.335 e. The van der Waals surface area contributed by atoms with Crippen molar-refractivity contribution in [2.75, 3.05) is 5.32 Å². The molecule has 0 unspecified atom stereocenters. The van der Waals surface area contributed by atoms with Gasteiger partial charge in [-0.2, -0.15) is 5.10 Å². The van der Waals surface area contributed by atoms with Crippen molar-refractivity contribution >= 4 is 23.4 Å². The fraction of sp³-hybridized carbons (Fsp3) is 0.421. The summed E-state index contributed by atoms with van der Waals surface area (Å²) in [4.78, 5) is 23.4. The summed E-state index contributed by atoms with van der Waals surface area (Å²) in [5, 5.41) is 10.4. The second-order valence-electron chi connectivity index (χ2n) is 6.83. The van der Waals surface area contributed by atoms with Gasteiger partial charge in [-0.05, 0) is 61.8 Å². The number of benzene rings is 1. The van der Waals surface area contributed by atoms with E-state index in [1.807, 2.05) is 18.2 Å². The first-order valence-corrected chi connectivity index (χ1v) is 9.24. The van der Waals surface area contributed by atoms with Crippen molar-refractivity contribution in [2.45, 2.75) is 38.1 Å². The molecule has 26 heavy (non-hydrogen) atoms. The Morgan fingerprint density at radius 1 is 1.23 bits per heavy atom. The Balaban J connectivity index is 1.45. The number of nitrogens with one attached hydrogen (secondary N) is 2. The molecule has 0 radical (unpaired) electrons. The second kappa shape index (κ2) is 8.36. The lowest BCUT2D eigenvalue weighted by Crippen LogP contribution is -2.40. The topological polar surface area (TPSA) is 76.0 Å². The molecule has 2 aromatic rings. The van der Waals surface area contributed by atoms with E-state index in [1.54, 1.807) is 7.05 Å². The fourth-order valence-electron chi connectivity index (χ4n) is 3.41. The minimum absolute atomic E-state index is 0.165. The molecule has 1 fully saturated rings. The summed E-state index contributed by atoms with van der Waals surface area (Å²) in [6.07, 6.45) is 5.10. The van der Waals surface area contributed by atoms with Crippen LogP contribution in [0.1, 0.15) is 31.2 Å². The standard InChI is InChI=1S/C19H23ClN4O2/c1-24-18(25)10-9-17(23-24)22-19(26)21-16-7-5-13(6-8-16)11-14-3-2-4-15(20)12-14/h2-4,9-10,12-13,16H,5-8,11H2,1H3,(H2,21,22,23,26). The van der Waals surface area contributed by atoms with Gasteiger partial charge in [0, 0.05) is 24.2 Å². The number of halogens is 1. The Bertz CT molecular complexity index is 828. The van der Waals surface area contributed by atoms with Crippen LogP contribution in [0.2, 0.25) is 5.02 Å². The van der Waals surface area contributed by atoms with Crippen molar-refractivity contribution in [1.82, 2.24) is 15.1 Å². The number of aryl methyl sites for hydroxylation is 1. The highest BCUT2D eigenvalue weighted by atomic mass is 35.5. The molecule has 1 saturated carbocycles. The van der Waals surface area contributed by atoms with Crippen molar-refractivity contribution in [3.63, 3.8) is 0 Å². The Morgan fingerprint density at radius 2 is 2.00 bits per heavy atom. The molecule has 7 heteroatoms. The van der Waals surface area contributed by atoms with E-state index < -0.39 is 0 Å². The van der Waals surface area contributed by atoms with Crippen molar-refractivity contribution in [3.8, 4) is 0 Å². The van der Waals surface area contributed by atoms with Gasteiger partial charge < -0.3 is 5.32 Å². The van der Waals surface area contributed by atoms with Gasteiger partial charge in [0.25, 0.3) is 5.56 Å². The summed E-state index contributed by atoms with van der Waals surface area (Å²) in [6.45, 7) is 0. The third kappa shape index (κ3) is 5.08. The normalized spacial score (nSPS) is 19.8. The maximum absolute atomic E-state index is 12.1. The monoisotopic (exact) mass is 374 g/mol. The molecule has 0 bridgehead atoms. The van der Waals surface area contributed by atoms with Crippen molar-refractivity contribution in [3.05, 3.63) is 57.3 Å². The highest BCUT2D eigenvalue weighted by molar-refractivity contribution is 6.30. The Hall–Kier alpha value is -2.34. The number of hydrogen-bond donors (Lipinski definition) is 2. The average Bonchev–Trinajstić information content (AvgIpc) is 2.60. The van der Waals surface area contributed by atoms with E-state index in [0.29, 0.717) is 11.7 Å². The number of amides is 2. The number of hydrogen-bond acceptors (Lipinski definition) is 3. The van der Waals surface area contributed by atoms with Crippen LogP contribution in [0.5, 0.6) is 0 Å². The van der Waals surface area contributed by atoms with Crippen molar-refractivity contribution in [2.24, 2.45) is 13.0 Å². The smallest absolute Gasteiger partial charge is 0.320 e. The zero-order valence-corrected chi connectivity index (χ0v) is 15.5. The molecule has 0 aliphatic heterocycles. The summed E-state index contributed by atoms with van der Waals surface area (Å²) in [7, 11) is 1.55. The molecule has 6 nitrogen and oxygen atoms in total. The van der Waals surface area contributed by atoms with E-state index in [1.165, 1.54) is 22.4 Å². The van der Waals surface area contributed by atoms with E-state index in [0.717, 1.165) is 37.1 Å². The lowest BCUT2D eigenvalue weighted by molar-refractivity contribution is 0.237. The minimum atomic E-state index is -0.283. The van der Waals surface area contributed by atoms with Gasteiger partial charge >= 0.3 is 6.03 Å². The molecule has 1 aliphatic carbocycles. The number of urea groups is 1. The number of anilines is 1. The molecule has 1 aliphatic rings. The Morgan fingerprint density at radius 3 is 2.69 bits per heavy atom. The second-order valence-corrected chi connectivity index (χ2v) is 7.27. The lowest BCUT2D eigenvalue weighted by Gasteiger charge is -2.29. The molecule has 0 saturated heterocycles. The molecular weight excluding hydrogens is 352 g/mol. The van der Waals surface area contributed by atoms with Crippen LogP contribution >= 0.6 is 11.6 Å². The van der Waals surface area contributed by atoms with Gasteiger partial charge in [-0.25, -0.2) is 9.48 Å². The van der Waals surface area contributed by atoms with Gasteiger partial charge in [-0.15, -0.1) is 0 Å². The van der Waals surface area contributed by atoms with E-state index in [4.69, 9.17) is 11.6 Å². The zero-order chi connectivity index (χ0) is 18.5. The fourth-order valence-corrected chi connectivity index (χ4v) is 3.63. The van der Waals surface area contributed by atoms with Crippen LogP contribution < -0.4 is 16.2 Å². The van der Waals surface area contributed by atoms with Gasteiger partial charge in [0.15, 0.2) is 5.82 Å². The Labute approximate surface area is 157 Å². The maximum Gasteiger partial charge on any atom is 0.320 e. The summed E-state index contributed by atoms with van der Waals surface area (Å²) in [5.41, 5.74) is 1.06. The van der Waals surface area contributed by atoms with Crippen LogP contribution in [0, 0.1) is 5.92 Å². The first kappa shape index (κ1) is 18.5. The van der Waals surface area contributed by atoms with Gasteiger partial charge in [-0.3, -0.25) is 10.1 Å². The van der Waals surface area contributed by atoms with Crippen molar-refractivity contribution in [1.29, 1.82) is 0 Å². The van der Waals surface area contributed by atoms with Gasteiger partial charge in [0.05, 0.1) is 0 Å². The molecule has 0 spiro atoms. The van der Waals surface area contributed by atoms with Crippen LogP contribution in [0.4, 0.5) is 10.6 Å². The SMILES string of the molecule is Cn1nc(NC(=O)NC2CCC(Cc3cccc(Cl)c3)CC2)ccc1=O. The highest BCUT2D eigenvalue weighted by Crippen LogP contribution is 2.28. The van der Waals surface area contributed by atoms with E-state index >= 15 is 0 Å². The van der Waals surface area contributed by atoms with Gasteiger partial charge in [-0.1, -0.05) is 23.7 Å². The number of nitrogens with zero attached hydrogens (tertiary/aromatic N) is 2. The molecule has 2 amide bonds. The molecule has 0 atom stereocenters. The van der Waals surface area contributed by atoms with Crippen LogP contribution in [0.3, 0.4) is 0 Å². The van der Waals surface area contributed by atoms with E-state index in [9.17, 15) is 9.59 Å². The van der Waals surface area contributed by atoms with Gasteiger partial charge in [0.2, 0.25) is 0 Å². The van der Waals surface area contributed by atoms with Gasteiger partial charge in [0.1, 0.15) is 0 Å². The highest BCUT2D eigenvalue weighted by Gasteiger charge is 2.22. The summed E-state index contributed by atoms with van der Waals surface area (Å²) in [6, 6.07) is 10.8. The summed E-state index contributed by atoms with van der Waals surface area (Å²) in [5.74, 6) is 0.985. The summed E-state index contributed by atoms with van der Waals surface area (Å²) < 4.78 is 1.19. The maximum atomic E-state index is 12.1. The minimum Gasteiger partial charge on any atom is -0.335 e. The van der Waals surface area contributed by atoms with E-state index in [2.05, 4.69) is 21.8 Å².